The summed E-state index contributed by atoms with van der Waals surface area (Å²) >= 11 is 10.3. The van der Waals surface area contributed by atoms with Crippen LogP contribution in [0.1, 0.15) is 46.0 Å². The van der Waals surface area contributed by atoms with E-state index in [-0.39, 0.29) is 5.38 Å². The largest absolute Gasteiger partial charge is 0.113 e. The molecule has 1 aliphatic rings. The van der Waals surface area contributed by atoms with Crippen molar-refractivity contribution >= 4 is 27.5 Å². The summed E-state index contributed by atoms with van der Waals surface area (Å²) in [5, 5.41) is -0.0697. The molecule has 2 aromatic carbocycles. The van der Waals surface area contributed by atoms with E-state index in [1.807, 2.05) is 0 Å². The zero-order chi connectivity index (χ0) is 14.1. The van der Waals surface area contributed by atoms with E-state index in [4.69, 9.17) is 11.6 Å². The predicted molar refractivity (Wildman–Crippen MR) is 89.7 cm³/mol. The van der Waals surface area contributed by atoms with Crippen LogP contribution in [0.5, 0.6) is 0 Å². The van der Waals surface area contributed by atoms with Crippen LogP contribution in [0.3, 0.4) is 0 Å². The molecule has 104 valence electrons. The van der Waals surface area contributed by atoms with Crippen molar-refractivity contribution in [2.75, 3.05) is 0 Å². The Morgan fingerprint density at radius 2 is 1.80 bits per heavy atom. The van der Waals surface area contributed by atoms with Crippen LogP contribution in [0.2, 0.25) is 0 Å². The molecule has 0 amide bonds. The highest BCUT2D eigenvalue weighted by Crippen LogP contribution is 2.35. The zero-order valence-electron chi connectivity index (χ0n) is 11.6. The molecule has 0 aliphatic heterocycles. The van der Waals surface area contributed by atoms with Gasteiger partial charge in [0.15, 0.2) is 0 Å². The molecule has 0 bridgehead atoms. The van der Waals surface area contributed by atoms with Crippen LogP contribution in [0.4, 0.5) is 0 Å². The Morgan fingerprint density at radius 3 is 2.60 bits per heavy atom. The fraction of sp³-hybridized carbons (Fsp3) is 0.333. The van der Waals surface area contributed by atoms with E-state index < -0.39 is 0 Å². The van der Waals surface area contributed by atoms with Crippen molar-refractivity contribution in [1.82, 2.24) is 0 Å². The molecule has 0 N–H and O–H groups in total. The minimum Gasteiger partial charge on any atom is -0.113 e. The van der Waals surface area contributed by atoms with Crippen molar-refractivity contribution in [3.05, 3.63) is 68.7 Å². The van der Waals surface area contributed by atoms with Gasteiger partial charge in [-0.1, -0.05) is 46.3 Å². The first-order valence-electron chi connectivity index (χ1n) is 7.17. The minimum atomic E-state index is -0.0697. The molecule has 3 rings (SSSR count). The fourth-order valence-electron chi connectivity index (χ4n) is 2.99. The van der Waals surface area contributed by atoms with Crippen molar-refractivity contribution < 1.29 is 0 Å². The lowest BCUT2D eigenvalue weighted by Crippen LogP contribution is -2.05. The molecule has 0 spiro atoms. The number of fused-ring (bicyclic) bond motifs is 1. The maximum Gasteiger partial charge on any atom is 0.0838 e. The monoisotopic (exact) mass is 348 g/mol. The van der Waals surface area contributed by atoms with E-state index in [1.54, 1.807) is 0 Å². The van der Waals surface area contributed by atoms with Gasteiger partial charge >= 0.3 is 0 Å². The lowest BCUT2D eigenvalue weighted by molar-refractivity contribution is 0.684. The molecular weight excluding hydrogens is 332 g/mol. The van der Waals surface area contributed by atoms with E-state index >= 15 is 0 Å². The number of rotatable bonds is 2. The van der Waals surface area contributed by atoms with Crippen LogP contribution in [0, 0.1) is 6.92 Å². The summed E-state index contributed by atoms with van der Waals surface area (Å²) in [6.07, 6.45) is 5.05. The quantitative estimate of drug-likeness (QED) is 0.586. The van der Waals surface area contributed by atoms with Crippen molar-refractivity contribution in [2.45, 2.75) is 38.0 Å². The second-order valence-electron chi connectivity index (χ2n) is 5.55. The topological polar surface area (TPSA) is 0 Å². The SMILES string of the molecule is Cc1c(Br)cccc1C(Cl)c1ccc2c(c1)CCCC2. The summed E-state index contributed by atoms with van der Waals surface area (Å²) < 4.78 is 1.12. The molecule has 0 radical (unpaired) electrons. The lowest BCUT2D eigenvalue weighted by Gasteiger charge is -2.19. The standard InChI is InChI=1S/C18H18BrCl/c1-12-16(7-4-8-17(12)19)18(20)15-10-9-13-5-2-3-6-14(13)11-15/h4,7-11,18H,2-3,5-6H2,1H3. The van der Waals surface area contributed by atoms with Crippen LogP contribution >= 0.6 is 27.5 Å². The Labute approximate surface area is 134 Å². The average Bonchev–Trinajstić information content (AvgIpc) is 2.49. The highest BCUT2D eigenvalue weighted by Gasteiger charge is 2.17. The van der Waals surface area contributed by atoms with Gasteiger partial charge in [0, 0.05) is 4.47 Å². The Bertz CT molecular complexity index is 633. The number of hydrogen-bond acceptors (Lipinski definition) is 0. The van der Waals surface area contributed by atoms with Gasteiger partial charge in [0.25, 0.3) is 0 Å². The molecule has 20 heavy (non-hydrogen) atoms. The number of halogens is 2. The normalized spacial score (nSPS) is 15.8. The Morgan fingerprint density at radius 1 is 1.05 bits per heavy atom. The second kappa shape index (κ2) is 5.91. The molecule has 1 atom stereocenters. The highest BCUT2D eigenvalue weighted by molar-refractivity contribution is 9.10. The van der Waals surface area contributed by atoms with Gasteiger partial charge in [-0.2, -0.15) is 0 Å². The number of alkyl halides is 1. The Hall–Kier alpha value is -0.790. The van der Waals surface area contributed by atoms with Crippen molar-refractivity contribution in [3.63, 3.8) is 0 Å². The van der Waals surface area contributed by atoms with Gasteiger partial charge in [-0.15, -0.1) is 11.6 Å². The van der Waals surface area contributed by atoms with Crippen molar-refractivity contribution in [3.8, 4) is 0 Å². The Kier molecular flexibility index (Phi) is 4.18. The van der Waals surface area contributed by atoms with Gasteiger partial charge in [0.2, 0.25) is 0 Å². The molecule has 0 saturated carbocycles. The third-order valence-corrected chi connectivity index (χ3v) is 5.59. The third kappa shape index (κ3) is 2.66. The zero-order valence-corrected chi connectivity index (χ0v) is 14.0. The van der Waals surface area contributed by atoms with E-state index in [2.05, 4.69) is 59.3 Å². The van der Waals surface area contributed by atoms with Crippen LogP contribution < -0.4 is 0 Å². The minimum absolute atomic E-state index is 0.0697. The van der Waals surface area contributed by atoms with Gasteiger partial charge in [-0.25, -0.2) is 0 Å². The molecule has 0 aromatic heterocycles. The summed E-state index contributed by atoms with van der Waals surface area (Å²) in [6.45, 7) is 2.12. The smallest absolute Gasteiger partial charge is 0.0838 e. The number of aryl methyl sites for hydroxylation is 2. The first-order valence-corrected chi connectivity index (χ1v) is 8.40. The van der Waals surface area contributed by atoms with Crippen molar-refractivity contribution in [2.24, 2.45) is 0 Å². The number of benzene rings is 2. The summed E-state index contributed by atoms with van der Waals surface area (Å²) in [5.41, 5.74) is 6.64. The van der Waals surface area contributed by atoms with Crippen LogP contribution in [-0.4, -0.2) is 0 Å². The molecule has 2 aromatic rings. The van der Waals surface area contributed by atoms with E-state index in [0.717, 1.165) is 4.47 Å². The summed E-state index contributed by atoms with van der Waals surface area (Å²) in [4.78, 5) is 0. The lowest BCUT2D eigenvalue weighted by atomic mass is 9.89. The predicted octanol–water partition coefficient (Wildman–Crippen LogP) is 5.96. The van der Waals surface area contributed by atoms with Gasteiger partial charge in [0.05, 0.1) is 5.38 Å². The molecular formula is C18H18BrCl. The summed E-state index contributed by atoms with van der Waals surface area (Å²) in [7, 11) is 0. The highest BCUT2D eigenvalue weighted by atomic mass is 79.9. The maximum absolute atomic E-state index is 6.73. The third-order valence-electron chi connectivity index (χ3n) is 4.25. The number of hydrogen-bond donors (Lipinski definition) is 0. The average molecular weight is 350 g/mol. The maximum atomic E-state index is 6.73. The van der Waals surface area contributed by atoms with E-state index in [1.165, 1.54) is 53.5 Å². The molecule has 0 fully saturated rings. The van der Waals surface area contributed by atoms with Crippen LogP contribution in [-0.2, 0) is 12.8 Å². The molecule has 2 heteroatoms. The molecule has 0 nitrogen and oxygen atoms in total. The van der Waals surface area contributed by atoms with Gasteiger partial charge in [-0.05, 0) is 66.5 Å². The first kappa shape index (κ1) is 14.2. The van der Waals surface area contributed by atoms with Crippen molar-refractivity contribution in [1.29, 1.82) is 0 Å². The summed E-state index contributed by atoms with van der Waals surface area (Å²) in [5.74, 6) is 0. The van der Waals surface area contributed by atoms with E-state index in [9.17, 15) is 0 Å². The van der Waals surface area contributed by atoms with Crippen LogP contribution in [0.15, 0.2) is 40.9 Å². The molecule has 1 unspecified atom stereocenters. The van der Waals surface area contributed by atoms with Gasteiger partial charge in [0.1, 0.15) is 0 Å². The molecule has 1 aliphatic carbocycles. The summed E-state index contributed by atoms with van der Waals surface area (Å²) in [6, 6.07) is 13.0. The fourth-order valence-corrected chi connectivity index (χ4v) is 3.74. The first-order chi connectivity index (χ1) is 9.66. The van der Waals surface area contributed by atoms with Crippen LogP contribution in [0.25, 0.3) is 0 Å². The molecule has 0 saturated heterocycles. The Balaban J connectivity index is 1.98. The van der Waals surface area contributed by atoms with E-state index in [0.29, 0.717) is 0 Å². The van der Waals surface area contributed by atoms with Gasteiger partial charge in [-0.3, -0.25) is 0 Å². The second-order valence-corrected chi connectivity index (χ2v) is 6.84. The van der Waals surface area contributed by atoms with Gasteiger partial charge < -0.3 is 0 Å². The molecule has 0 heterocycles.